The van der Waals surface area contributed by atoms with Crippen LogP contribution in [0.15, 0.2) is 30.3 Å². The van der Waals surface area contributed by atoms with Crippen LogP contribution in [-0.4, -0.2) is 36.2 Å². The van der Waals surface area contributed by atoms with Gasteiger partial charge in [-0.25, -0.2) is 0 Å². The van der Waals surface area contributed by atoms with Crippen LogP contribution < -0.4 is 5.73 Å². The molecule has 1 fully saturated rings. The quantitative estimate of drug-likeness (QED) is 0.809. The highest BCUT2D eigenvalue weighted by atomic mass is 16.3. The molecule has 1 saturated heterocycles. The predicted octanol–water partition coefficient (Wildman–Crippen LogP) is 1.39. The number of nitrogens with two attached hydrogens (primary N) is 1. The molecular weight excluding hydrogens is 212 g/mol. The lowest BCUT2D eigenvalue weighted by Crippen LogP contribution is -2.36. The maximum Gasteiger partial charge on any atom is 0.0489 e. The van der Waals surface area contributed by atoms with Gasteiger partial charge in [0.2, 0.25) is 0 Å². The Morgan fingerprint density at radius 1 is 1.18 bits per heavy atom. The molecule has 17 heavy (non-hydrogen) atoms. The Morgan fingerprint density at radius 3 is 2.35 bits per heavy atom. The van der Waals surface area contributed by atoms with Gasteiger partial charge in [0.1, 0.15) is 0 Å². The highest BCUT2D eigenvalue weighted by Gasteiger charge is 2.29. The van der Waals surface area contributed by atoms with Crippen molar-refractivity contribution in [1.29, 1.82) is 0 Å². The molecule has 3 heteroatoms. The van der Waals surface area contributed by atoms with Crippen molar-refractivity contribution < 1.29 is 5.11 Å². The van der Waals surface area contributed by atoms with Gasteiger partial charge >= 0.3 is 0 Å². The highest BCUT2D eigenvalue weighted by molar-refractivity contribution is 5.20. The minimum Gasteiger partial charge on any atom is -0.396 e. The molecule has 1 aliphatic heterocycles. The van der Waals surface area contributed by atoms with E-state index in [-0.39, 0.29) is 18.6 Å². The standard InChI is InChI=1S/C14H22N2O/c15-10-13(11-17)14(16-8-4-5-9-16)12-6-2-1-3-7-12/h1-3,6-7,13-14,17H,4-5,8-11,15H2/t13-,14-/m1/s1. The lowest BCUT2D eigenvalue weighted by molar-refractivity contribution is 0.119. The summed E-state index contributed by atoms with van der Waals surface area (Å²) in [7, 11) is 0. The summed E-state index contributed by atoms with van der Waals surface area (Å²) in [4.78, 5) is 2.46. The van der Waals surface area contributed by atoms with Gasteiger partial charge in [0.25, 0.3) is 0 Å². The van der Waals surface area contributed by atoms with Gasteiger partial charge < -0.3 is 10.8 Å². The number of aliphatic hydroxyl groups excluding tert-OH is 1. The summed E-state index contributed by atoms with van der Waals surface area (Å²) in [5.74, 6) is 0.135. The number of rotatable bonds is 5. The van der Waals surface area contributed by atoms with Crippen molar-refractivity contribution in [2.24, 2.45) is 11.7 Å². The molecule has 1 aromatic rings. The summed E-state index contributed by atoms with van der Waals surface area (Å²) in [6.07, 6.45) is 2.51. The van der Waals surface area contributed by atoms with Crippen LogP contribution in [0.25, 0.3) is 0 Å². The van der Waals surface area contributed by atoms with E-state index in [1.165, 1.54) is 18.4 Å². The second-order valence-corrected chi connectivity index (χ2v) is 4.78. The average molecular weight is 234 g/mol. The molecule has 0 aliphatic carbocycles. The molecule has 3 N–H and O–H groups in total. The van der Waals surface area contributed by atoms with E-state index < -0.39 is 0 Å². The van der Waals surface area contributed by atoms with Gasteiger partial charge in [-0.15, -0.1) is 0 Å². The van der Waals surface area contributed by atoms with Crippen LogP contribution >= 0.6 is 0 Å². The molecule has 94 valence electrons. The van der Waals surface area contributed by atoms with Crippen LogP contribution in [0.5, 0.6) is 0 Å². The SMILES string of the molecule is NC[C@H](CO)[C@@H](c1ccccc1)N1CCCC1. The highest BCUT2D eigenvalue weighted by Crippen LogP contribution is 2.31. The second kappa shape index (κ2) is 6.15. The third kappa shape index (κ3) is 2.86. The Balaban J connectivity index is 2.22. The maximum atomic E-state index is 9.51. The second-order valence-electron chi connectivity index (χ2n) is 4.78. The van der Waals surface area contributed by atoms with Gasteiger partial charge in [0.15, 0.2) is 0 Å². The summed E-state index contributed by atoms with van der Waals surface area (Å²) in [6.45, 7) is 2.94. The minimum atomic E-state index is 0.135. The molecule has 0 aromatic heterocycles. The van der Waals surface area contributed by atoms with Crippen molar-refractivity contribution in [2.45, 2.75) is 18.9 Å². The van der Waals surface area contributed by atoms with E-state index >= 15 is 0 Å². The van der Waals surface area contributed by atoms with Gasteiger partial charge in [-0.1, -0.05) is 30.3 Å². The molecule has 0 radical (unpaired) electrons. The lowest BCUT2D eigenvalue weighted by Gasteiger charge is -2.33. The Kier molecular flexibility index (Phi) is 4.54. The largest absolute Gasteiger partial charge is 0.396 e. The summed E-state index contributed by atoms with van der Waals surface area (Å²) >= 11 is 0. The van der Waals surface area contributed by atoms with Crippen LogP contribution in [0.4, 0.5) is 0 Å². The van der Waals surface area contributed by atoms with Crippen molar-refractivity contribution in [3.05, 3.63) is 35.9 Å². The predicted molar refractivity (Wildman–Crippen MR) is 69.6 cm³/mol. The summed E-state index contributed by atoms with van der Waals surface area (Å²) in [5.41, 5.74) is 7.08. The fourth-order valence-corrected chi connectivity index (χ4v) is 2.75. The maximum absolute atomic E-state index is 9.51. The molecule has 0 saturated carbocycles. The molecule has 0 unspecified atom stereocenters. The normalized spacial score (nSPS) is 20.4. The number of hydrogen-bond donors (Lipinski definition) is 2. The van der Waals surface area contributed by atoms with Crippen LogP contribution in [0, 0.1) is 5.92 Å². The Labute approximate surface area is 103 Å². The van der Waals surface area contributed by atoms with Gasteiger partial charge in [0.05, 0.1) is 0 Å². The molecule has 0 spiro atoms. The number of aliphatic hydroxyl groups is 1. The Hall–Kier alpha value is -0.900. The van der Waals surface area contributed by atoms with Crippen molar-refractivity contribution in [1.82, 2.24) is 4.90 Å². The zero-order valence-corrected chi connectivity index (χ0v) is 10.3. The summed E-state index contributed by atoms with van der Waals surface area (Å²) < 4.78 is 0. The van der Waals surface area contributed by atoms with E-state index in [0.29, 0.717) is 6.54 Å². The number of nitrogens with zero attached hydrogens (tertiary/aromatic N) is 1. The molecule has 2 atom stereocenters. The molecular formula is C14H22N2O. The number of hydrogen-bond acceptors (Lipinski definition) is 3. The van der Waals surface area contributed by atoms with Crippen molar-refractivity contribution in [3.8, 4) is 0 Å². The fourth-order valence-electron chi connectivity index (χ4n) is 2.75. The van der Waals surface area contributed by atoms with Crippen LogP contribution in [0.2, 0.25) is 0 Å². The summed E-state index contributed by atoms with van der Waals surface area (Å²) in [5, 5.41) is 9.51. The Morgan fingerprint density at radius 2 is 1.82 bits per heavy atom. The molecule has 0 amide bonds. The topological polar surface area (TPSA) is 49.5 Å². The van der Waals surface area contributed by atoms with Gasteiger partial charge in [-0.2, -0.15) is 0 Å². The first-order valence-electron chi connectivity index (χ1n) is 6.46. The first-order valence-corrected chi connectivity index (χ1v) is 6.46. The molecule has 0 bridgehead atoms. The van der Waals surface area contributed by atoms with Gasteiger partial charge in [-0.05, 0) is 38.0 Å². The van der Waals surface area contributed by atoms with Crippen molar-refractivity contribution >= 4 is 0 Å². The molecule has 1 aliphatic rings. The molecule has 2 rings (SSSR count). The van der Waals surface area contributed by atoms with E-state index in [1.807, 2.05) is 6.07 Å². The van der Waals surface area contributed by atoms with Crippen LogP contribution in [0.3, 0.4) is 0 Å². The third-order valence-electron chi connectivity index (χ3n) is 3.66. The van der Waals surface area contributed by atoms with Crippen LogP contribution in [-0.2, 0) is 0 Å². The van der Waals surface area contributed by atoms with Gasteiger partial charge in [-0.3, -0.25) is 4.90 Å². The average Bonchev–Trinajstić information content (AvgIpc) is 2.90. The van der Waals surface area contributed by atoms with E-state index in [4.69, 9.17) is 5.73 Å². The van der Waals surface area contributed by atoms with Gasteiger partial charge in [0, 0.05) is 18.6 Å². The van der Waals surface area contributed by atoms with Crippen LogP contribution in [0.1, 0.15) is 24.4 Å². The minimum absolute atomic E-state index is 0.135. The Bertz CT molecular complexity index is 316. The zero-order valence-electron chi connectivity index (χ0n) is 10.3. The number of benzene rings is 1. The van der Waals surface area contributed by atoms with E-state index in [1.54, 1.807) is 0 Å². The third-order valence-corrected chi connectivity index (χ3v) is 3.66. The molecule has 1 heterocycles. The zero-order chi connectivity index (χ0) is 12.1. The molecule has 1 aromatic carbocycles. The fraction of sp³-hybridized carbons (Fsp3) is 0.571. The van der Waals surface area contributed by atoms with E-state index in [9.17, 15) is 5.11 Å². The smallest absolute Gasteiger partial charge is 0.0489 e. The summed E-state index contributed by atoms with van der Waals surface area (Å²) in [6, 6.07) is 10.7. The first kappa shape index (κ1) is 12.6. The monoisotopic (exact) mass is 234 g/mol. The first-order chi connectivity index (χ1) is 8.36. The van der Waals surface area contributed by atoms with Crippen molar-refractivity contribution in [2.75, 3.05) is 26.2 Å². The van der Waals surface area contributed by atoms with E-state index in [0.717, 1.165) is 13.1 Å². The number of likely N-dealkylation sites (tertiary alicyclic amines) is 1. The molecule has 3 nitrogen and oxygen atoms in total. The van der Waals surface area contributed by atoms with Crippen molar-refractivity contribution in [3.63, 3.8) is 0 Å². The lowest BCUT2D eigenvalue weighted by atomic mass is 9.92. The van der Waals surface area contributed by atoms with E-state index in [2.05, 4.69) is 29.2 Å².